The van der Waals surface area contributed by atoms with Crippen molar-refractivity contribution in [3.05, 3.63) is 135 Å². The zero-order valence-electron chi connectivity index (χ0n) is 30.6. The number of hydrogen-bond acceptors (Lipinski definition) is 8. The third kappa shape index (κ3) is 7.74. The van der Waals surface area contributed by atoms with Crippen LogP contribution in [0.5, 0.6) is 0 Å². The molecular weight excluding hydrogens is 737 g/mol. The molecule has 0 aliphatic rings. The van der Waals surface area contributed by atoms with Crippen molar-refractivity contribution in [1.29, 1.82) is 0 Å². The topological polar surface area (TPSA) is 170 Å². The summed E-state index contributed by atoms with van der Waals surface area (Å²) in [6, 6.07) is 24.2. The molecule has 11 nitrogen and oxygen atoms in total. The molecule has 0 saturated heterocycles. The minimum atomic E-state index is -4.62. The minimum absolute atomic E-state index is 0.149. The van der Waals surface area contributed by atoms with E-state index in [1.807, 2.05) is 72.2 Å². The van der Waals surface area contributed by atoms with Gasteiger partial charge in [-0.1, -0.05) is 54.6 Å². The van der Waals surface area contributed by atoms with Gasteiger partial charge in [-0.05, 0) is 122 Å². The van der Waals surface area contributed by atoms with Gasteiger partial charge in [0.2, 0.25) is 0 Å². The number of aryl methyl sites for hydroxylation is 4. The number of hydrogen-bond donors (Lipinski definition) is 3. The fraction of sp³-hybridized carbons (Fsp3) is 0.231. The molecule has 3 N–H and O–H groups in total. The summed E-state index contributed by atoms with van der Waals surface area (Å²) in [4.78, 5) is 3.08. The van der Waals surface area contributed by atoms with Gasteiger partial charge in [-0.2, -0.15) is 25.3 Å². The van der Waals surface area contributed by atoms with E-state index in [4.69, 9.17) is 0 Å². The average molecular weight is 779 g/mol. The van der Waals surface area contributed by atoms with Crippen LogP contribution in [0.25, 0.3) is 0 Å². The zero-order valence-corrected chi connectivity index (χ0v) is 33.0. The Morgan fingerprint density at radius 2 is 0.849 bits per heavy atom. The maximum Gasteiger partial charge on any atom is 0.295 e. The Balaban J connectivity index is 1.61. The minimum Gasteiger partial charge on any atom is -0.344 e. The second-order valence-corrected chi connectivity index (χ2v) is 17.4. The van der Waals surface area contributed by atoms with Gasteiger partial charge in [0, 0.05) is 42.8 Å². The van der Waals surface area contributed by atoms with E-state index in [1.54, 1.807) is 66.1 Å². The molecule has 0 aliphatic heterocycles. The van der Waals surface area contributed by atoms with Gasteiger partial charge in [0.25, 0.3) is 30.4 Å². The largest absolute Gasteiger partial charge is 0.344 e. The van der Waals surface area contributed by atoms with Crippen LogP contribution in [0.2, 0.25) is 0 Å². The normalized spacial score (nSPS) is 12.3. The second-order valence-electron chi connectivity index (χ2n) is 13.3. The lowest BCUT2D eigenvalue weighted by atomic mass is 9.85. The van der Waals surface area contributed by atoms with E-state index >= 15 is 0 Å². The molecule has 5 rings (SSSR count). The summed E-state index contributed by atoms with van der Waals surface area (Å²) >= 11 is 0. The fourth-order valence-electron chi connectivity index (χ4n) is 7.69. The molecule has 0 fully saturated rings. The lowest BCUT2D eigenvalue weighted by Gasteiger charge is -2.28. The quantitative estimate of drug-likeness (QED) is 0.0928. The summed E-state index contributed by atoms with van der Waals surface area (Å²) in [6.07, 6.45) is 0. The molecule has 53 heavy (non-hydrogen) atoms. The van der Waals surface area contributed by atoms with Crippen LogP contribution in [0.3, 0.4) is 0 Å². The Bertz CT molecular complexity index is 2430. The number of rotatable bonds is 10. The van der Waals surface area contributed by atoms with E-state index in [2.05, 4.69) is 0 Å². The van der Waals surface area contributed by atoms with E-state index in [9.17, 15) is 38.9 Å². The van der Waals surface area contributed by atoms with Crippen LogP contribution in [0.4, 0.5) is 22.7 Å². The first-order valence-corrected chi connectivity index (χ1v) is 20.8. The van der Waals surface area contributed by atoms with Gasteiger partial charge in [0.1, 0.15) is 9.79 Å². The maximum atomic E-state index is 12.6. The van der Waals surface area contributed by atoms with Crippen LogP contribution in [-0.2, 0) is 30.4 Å². The molecule has 0 radical (unpaired) electrons. The molecule has 0 atom stereocenters. The summed E-state index contributed by atoms with van der Waals surface area (Å²) < 4.78 is 104. The van der Waals surface area contributed by atoms with E-state index in [0.717, 1.165) is 11.1 Å². The van der Waals surface area contributed by atoms with Crippen LogP contribution in [0.15, 0.2) is 99.6 Å². The van der Waals surface area contributed by atoms with Gasteiger partial charge < -0.3 is 9.80 Å². The Morgan fingerprint density at radius 3 is 1.19 bits per heavy atom. The van der Waals surface area contributed by atoms with Gasteiger partial charge in [0.15, 0.2) is 0 Å². The molecule has 0 saturated carbocycles. The first kappa shape index (κ1) is 39.6. The summed E-state index contributed by atoms with van der Waals surface area (Å²) in [5, 5.41) is 0. The van der Waals surface area contributed by atoms with Crippen molar-refractivity contribution < 1.29 is 38.9 Å². The number of benzene rings is 5. The van der Waals surface area contributed by atoms with Crippen LogP contribution in [-0.4, -0.2) is 53.0 Å². The summed E-state index contributed by atoms with van der Waals surface area (Å²) in [6.45, 7) is 10.2. The monoisotopic (exact) mass is 778 g/mol. The van der Waals surface area contributed by atoms with E-state index in [-0.39, 0.29) is 14.7 Å². The fourth-order valence-corrected chi connectivity index (χ4v) is 10.3. The molecule has 5 aromatic rings. The highest BCUT2D eigenvalue weighted by Gasteiger charge is 2.27. The van der Waals surface area contributed by atoms with Gasteiger partial charge in [-0.25, -0.2) is 0 Å². The van der Waals surface area contributed by atoms with Crippen molar-refractivity contribution in [3.8, 4) is 0 Å². The summed E-state index contributed by atoms with van der Waals surface area (Å²) in [5.41, 5.74) is 7.56. The average Bonchev–Trinajstić information content (AvgIpc) is 3.03. The summed E-state index contributed by atoms with van der Waals surface area (Å²) in [7, 11) is -10.0. The van der Waals surface area contributed by atoms with Crippen molar-refractivity contribution >= 4 is 53.1 Å². The highest BCUT2D eigenvalue weighted by Crippen LogP contribution is 2.41. The van der Waals surface area contributed by atoms with E-state index < -0.39 is 36.3 Å². The predicted molar refractivity (Wildman–Crippen MR) is 207 cm³/mol. The Morgan fingerprint density at radius 1 is 0.491 bits per heavy atom. The molecule has 0 spiro atoms. The molecule has 0 unspecified atom stereocenters. The van der Waals surface area contributed by atoms with Crippen LogP contribution < -0.4 is 9.80 Å². The third-order valence-electron chi connectivity index (χ3n) is 9.64. The van der Waals surface area contributed by atoms with Crippen molar-refractivity contribution in [2.45, 2.75) is 62.1 Å². The highest BCUT2D eigenvalue weighted by molar-refractivity contribution is 7.86. The van der Waals surface area contributed by atoms with Crippen LogP contribution in [0.1, 0.15) is 56.0 Å². The predicted octanol–water partition coefficient (Wildman–Crippen LogP) is 7.99. The van der Waals surface area contributed by atoms with E-state index in [0.29, 0.717) is 61.7 Å². The maximum absolute atomic E-state index is 12.6. The first-order valence-electron chi connectivity index (χ1n) is 16.4. The van der Waals surface area contributed by atoms with Gasteiger partial charge >= 0.3 is 0 Å². The number of nitrogens with zero attached hydrogens (tertiary/aromatic N) is 2. The number of anilines is 4. The smallest absolute Gasteiger partial charge is 0.295 e. The van der Waals surface area contributed by atoms with Gasteiger partial charge in [0.05, 0.1) is 4.90 Å². The summed E-state index contributed by atoms with van der Waals surface area (Å²) in [5.74, 6) is -0.671. The van der Waals surface area contributed by atoms with E-state index in [1.165, 1.54) is 12.1 Å². The Hall–Kier alpha value is -4.57. The second kappa shape index (κ2) is 14.3. The molecule has 0 amide bonds. The van der Waals surface area contributed by atoms with Gasteiger partial charge in [-0.3, -0.25) is 13.7 Å². The van der Waals surface area contributed by atoms with Crippen LogP contribution >= 0.6 is 0 Å². The van der Waals surface area contributed by atoms with Crippen molar-refractivity contribution in [3.63, 3.8) is 0 Å². The Labute approximate surface area is 311 Å². The molecule has 0 aromatic heterocycles. The molecule has 0 bridgehead atoms. The molecule has 280 valence electrons. The molecule has 14 heteroatoms. The molecule has 0 aliphatic carbocycles. The lowest BCUT2D eigenvalue weighted by molar-refractivity contribution is 0.479. The zero-order chi connectivity index (χ0) is 39.4. The first-order chi connectivity index (χ1) is 24.5. The van der Waals surface area contributed by atoms with Crippen molar-refractivity contribution in [2.75, 3.05) is 23.9 Å². The lowest BCUT2D eigenvalue weighted by Crippen LogP contribution is -2.16. The molecule has 5 aromatic carbocycles. The van der Waals surface area contributed by atoms with Crippen LogP contribution in [0, 0.1) is 41.5 Å². The molecule has 0 heterocycles. The standard InChI is InChI=1S/C39H42N2O9S3/c1-23-21-25(3)38(52(45,46)47)27(5)36(23)40(7)31-17-13-29(14-18-31)35(33-11-9-10-12-34(33)51(42,43)44)30-15-19-32(20-16-30)41(8)37-24(2)22-26(4)39(28(37)6)53(48,49)50/h9-22,35H,1-8H3,(H,42,43,44)(H,45,46,47)(H,48,49,50). The SMILES string of the molecule is Cc1cc(C)c(S(=O)(=O)O)c(C)c1N(C)c1ccc(C(c2ccc(N(C)c3c(C)cc(C)c(S(=O)(=O)O)c3C)cc2)c2ccccc2S(=O)(=O)O)cc1. The van der Waals surface area contributed by atoms with Crippen molar-refractivity contribution in [1.82, 2.24) is 0 Å². The highest BCUT2D eigenvalue weighted by atomic mass is 32.2. The third-order valence-corrected chi connectivity index (χ3v) is 12.9. The van der Waals surface area contributed by atoms with Crippen molar-refractivity contribution in [2.24, 2.45) is 0 Å². The molecular formula is C39H42N2O9S3. The Kier molecular flexibility index (Phi) is 10.7. The van der Waals surface area contributed by atoms with Gasteiger partial charge in [-0.15, -0.1) is 0 Å².